The molecule has 0 bridgehead atoms. The molecule has 0 heterocycles. The molecule has 4 aromatic carbocycles. The first-order valence-corrected chi connectivity index (χ1v) is 10.8. The van der Waals surface area contributed by atoms with E-state index in [4.69, 9.17) is 16.3 Å². The number of hydrogen-bond acceptors (Lipinski definition) is 3. The number of fused-ring (bicyclic) bond motifs is 1. The van der Waals surface area contributed by atoms with Gasteiger partial charge in [-0.2, -0.15) is 5.10 Å². The molecule has 4 rings (SSSR count). The molecule has 0 saturated heterocycles. The van der Waals surface area contributed by atoms with Gasteiger partial charge in [0.25, 0.3) is 5.91 Å². The highest BCUT2D eigenvalue weighted by Gasteiger charge is 2.07. The second kappa shape index (κ2) is 9.77. The Morgan fingerprint density at radius 2 is 1.77 bits per heavy atom. The van der Waals surface area contributed by atoms with Gasteiger partial charge in [0, 0.05) is 20.6 Å². The molecule has 4 nitrogen and oxygen atoms in total. The van der Waals surface area contributed by atoms with Gasteiger partial charge in [-0.05, 0) is 58.8 Å². The molecule has 154 valence electrons. The zero-order chi connectivity index (χ0) is 21.6. The number of carbonyl (C=O) groups excluding carboxylic acids is 1. The average Bonchev–Trinajstić information content (AvgIpc) is 2.79. The second-order valence-electron chi connectivity index (χ2n) is 6.82. The molecule has 1 N–H and O–H groups in total. The third kappa shape index (κ3) is 5.32. The number of benzene rings is 4. The fourth-order valence-corrected chi connectivity index (χ4v) is 3.66. The Hall–Kier alpha value is -3.15. The molecule has 0 unspecified atom stereocenters. The van der Waals surface area contributed by atoms with Crippen LogP contribution in [0.4, 0.5) is 0 Å². The Labute approximate surface area is 193 Å². The van der Waals surface area contributed by atoms with E-state index in [9.17, 15) is 4.79 Å². The molecule has 0 aliphatic heterocycles. The highest BCUT2D eigenvalue weighted by atomic mass is 79.9. The Morgan fingerprint density at radius 1 is 1.00 bits per heavy atom. The fourth-order valence-electron chi connectivity index (χ4n) is 3.15. The Balaban J connectivity index is 1.49. The fraction of sp³-hybridized carbons (Fsp3) is 0.0400. The van der Waals surface area contributed by atoms with E-state index in [-0.39, 0.29) is 5.91 Å². The van der Waals surface area contributed by atoms with E-state index in [0.717, 1.165) is 21.0 Å². The summed E-state index contributed by atoms with van der Waals surface area (Å²) in [4.78, 5) is 12.2. The largest absolute Gasteiger partial charge is 0.488 e. The molecule has 1 amide bonds. The van der Waals surface area contributed by atoms with Crippen molar-refractivity contribution in [3.63, 3.8) is 0 Å². The summed E-state index contributed by atoms with van der Waals surface area (Å²) < 4.78 is 6.99. The van der Waals surface area contributed by atoms with Crippen LogP contribution in [-0.2, 0) is 6.61 Å². The topological polar surface area (TPSA) is 50.7 Å². The van der Waals surface area contributed by atoms with E-state index in [1.54, 1.807) is 30.5 Å². The first-order valence-electron chi connectivity index (χ1n) is 9.58. The Kier molecular flexibility index (Phi) is 6.65. The van der Waals surface area contributed by atoms with Crippen molar-refractivity contribution in [1.29, 1.82) is 0 Å². The molecule has 0 fully saturated rings. The van der Waals surface area contributed by atoms with Gasteiger partial charge in [0.15, 0.2) is 0 Å². The molecule has 0 atom stereocenters. The summed E-state index contributed by atoms with van der Waals surface area (Å²) >= 11 is 9.33. The standard InChI is InChI=1S/C25H18BrClN2O2/c26-21-10-13-24(31-16-19-6-3-5-17-4-1-2-7-23(17)19)20(14-21)15-28-29-25(30)18-8-11-22(27)12-9-18/h1-15H,16H2,(H,29,30)/b28-15-. The quantitative estimate of drug-likeness (QED) is 0.243. The molecule has 0 aliphatic rings. The molecule has 0 aromatic heterocycles. The zero-order valence-corrected chi connectivity index (χ0v) is 18.7. The van der Waals surface area contributed by atoms with Gasteiger partial charge in [-0.1, -0.05) is 70.0 Å². The van der Waals surface area contributed by atoms with Crippen LogP contribution in [0, 0.1) is 0 Å². The number of nitrogens with one attached hydrogen (secondary N) is 1. The van der Waals surface area contributed by atoms with Gasteiger partial charge in [0.2, 0.25) is 0 Å². The molecule has 0 radical (unpaired) electrons. The van der Waals surface area contributed by atoms with Crippen LogP contribution < -0.4 is 10.2 Å². The Morgan fingerprint density at radius 3 is 2.61 bits per heavy atom. The minimum absolute atomic E-state index is 0.318. The molecule has 0 saturated carbocycles. The van der Waals surface area contributed by atoms with E-state index in [0.29, 0.717) is 22.9 Å². The van der Waals surface area contributed by atoms with Gasteiger partial charge in [-0.3, -0.25) is 4.79 Å². The minimum atomic E-state index is -0.318. The molecule has 0 spiro atoms. The lowest BCUT2D eigenvalue weighted by molar-refractivity contribution is 0.0955. The van der Waals surface area contributed by atoms with E-state index in [1.807, 2.05) is 36.4 Å². The van der Waals surface area contributed by atoms with Gasteiger partial charge in [0.05, 0.1) is 6.21 Å². The maximum absolute atomic E-state index is 12.2. The Bertz CT molecular complexity index is 1250. The van der Waals surface area contributed by atoms with E-state index in [2.05, 4.69) is 50.7 Å². The van der Waals surface area contributed by atoms with Crippen LogP contribution in [0.15, 0.2) is 94.5 Å². The number of ether oxygens (including phenoxy) is 1. The normalized spacial score (nSPS) is 11.0. The van der Waals surface area contributed by atoms with Crippen molar-refractivity contribution in [2.45, 2.75) is 6.61 Å². The van der Waals surface area contributed by atoms with Crippen LogP contribution in [0.5, 0.6) is 5.75 Å². The number of amides is 1. The first-order chi connectivity index (χ1) is 15.1. The van der Waals surface area contributed by atoms with Gasteiger partial charge in [0.1, 0.15) is 12.4 Å². The first kappa shape index (κ1) is 21.1. The van der Waals surface area contributed by atoms with E-state index >= 15 is 0 Å². The molecular weight excluding hydrogens is 476 g/mol. The molecule has 4 aromatic rings. The van der Waals surface area contributed by atoms with Crippen LogP contribution in [-0.4, -0.2) is 12.1 Å². The van der Waals surface area contributed by atoms with Crippen molar-refractivity contribution >= 4 is 50.4 Å². The third-order valence-corrected chi connectivity index (χ3v) is 5.46. The van der Waals surface area contributed by atoms with Crippen LogP contribution in [0.3, 0.4) is 0 Å². The number of rotatable bonds is 6. The number of halogens is 2. The maximum atomic E-state index is 12.2. The summed E-state index contributed by atoms with van der Waals surface area (Å²) in [7, 11) is 0. The van der Waals surface area contributed by atoms with Crippen LogP contribution in [0.2, 0.25) is 5.02 Å². The van der Waals surface area contributed by atoms with E-state index < -0.39 is 0 Å². The number of nitrogens with zero attached hydrogens (tertiary/aromatic N) is 1. The van der Waals surface area contributed by atoms with E-state index in [1.165, 1.54) is 5.39 Å². The van der Waals surface area contributed by atoms with Crippen LogP contribution in [0.25, 0.3) is 10.8 Å². The molecular formula is C25H18BrClN2O2. The molecule has 6 heteroatoms. The van der Waals surface area contributed by atoms with Gasteiger partial charge >= 0.3 is 0 Å². The maximum Gasteiger partial charge on any atom is 0.271 e. The number of hydrogen-bond donors (Lipinski definition) is 1. The van der Waals surface area contributed by atoms with Crippen molar-refractivity contribution in [3.8, 4) is 5.75 Å². The highest BCUT2D eigenvalue weighted by Crippen LogP contribution is 2.25. The summed E-state index contributed by atoms with van der Waals surface area (Å²) in [6.07, 6.45) is 1.57. The number of carbonyl (C=O) groups is 1. The molecule has 0 aliphatic carbocycles. The average molecular weight is 494 g/mol. The third-order valence-electron chi connectivity index (χ3n) is 4.71. The highest BCUT2D eigenvalue weighted by molar-refractivity contribution is 9.10. The van der Waals surface area contributed by atoms with Crippen molar-refractivity contribution in [2.24, 2.45) is 5.10 Å². The second-order valence-corrected chi connectivity index (χ2v) is 8.17. The lowest BCUT2D eigenvalue weighted by atomic mass is 10.1. The molecule has 31 heavy (non-hydrogen) atoms. The summed E-state index contributed by atoms with van der Waals surface area (Å²) in [5.74, 6) is 0.349. The monoisotopic (exact) mass is 492 g/mol. The zero-order valence-electron chi connectivity index (χ0n) is 16.4. The van der Waals surface area contributed by atoms with Gasteiger partial charge in [-0.25, -0.2) is 5.43 Å². The minimum Gasteiger partial charge on any atom is -0.488 e. The summed E-state index contributed by atoms with van der Waals surface area (Å²) in [5, 5.41) is 6.99. The number of hydrazone groups is 1. The lowest BCUT2D eigenvalue weighted by Gasteiger charge is -2.11. The summed E-state index contributed by atoms with van der Waals surface area (Å²) in [6.45, 7) is 0.418. The van der Waals surface area contributed by atoms with Crippen molar-refractivity contribution < 1.29 is 9.53 Å². The lowest BCUT2D eigenvalue weighted by Crippen LogP contribution is -2.17. The van der Waals surface area contributed by atoms with Gasteiger partial charge in [-0.15, -0.1) is 0 Å². The predicted molar refractivity (Wildman–Crippen MR) is 129 cm³/mol. The predicted octanol–water partition coefficient (Wildman–Crippen LogP) is 6.60. The van der Waals surface area contributed by atoms with Crippen LogP contribution >= 0.6 is 27.5 Å². The van der Waals surface area contributed by atoms with Crippen molar-refractivity contribution in [2.75, 3.05) is 0 Å². The summed E-state index contributed by atoms with van der Waals surface area (Å²) in [6, 6.07) is 26.7. The summed E-state index contributed by atoms with van der Waals surface area (Å²) in [5.41, 5.74) is 4.84. The van der Waals surface area contributed by atoms with Crippen molar-refractivity contribution in [1.82, 2.24) is 5.43 Å². The SMILES string of the molecule is O=C(N/N=C\c1cc(Br)ccc1OCc1cccc2ccccc12)c1ccc(Cl)cc1. The van der Waals surface area contributed by atoms with Gasteiger partial charge < -0.3 is 4.74 Å². The van der Waals surface area contributed by atoms with Crippen molar-refractivity contribution in [3.05, 3.63) is 111 Å². The smallest absolute Gasteiger partial charge is 0.271 e. The van der Waals surface area contributed by atoms with Crippen LogP contribution in [0.1, 0.15) is 21.5 Å².